The summed E-state index contributed by atoms with van der Waals surface area (Å²) in [5.41, 5.74) is 1.67. The van der Waals surface area contributed by atoms with Crippen molar-refractivity contribution < 1.29 is 17.2 Å². The molecular formula is C14H10F2N2O2S. The van der Waals surface area contributed by atoms with Crippen LogP contribution < -0.4 is 4.83 Å². The molecule has 1 N–H and O–H groups in total. The third-order valence-corrected chi connectivity index (χ3v) is 4.14. The van der Waals surface area contributed by atoms with Crippen molar-refractivity contribution in [3.05, 3.63) is 70.8 Å². The molecule has 21 heavy (non-hydrogen) atoms. The number of nitrogens with one attached hydrogen (secondary N) is 1. The van der Waals surface area contributed by atoms with Crippen LogP contribution in [0.1, 0.15) is 16.7 Å². The number of fused-ring (bicyclic) bond motifs is 1. The highest BCUT2D eigenvalue weighted by Crippen LogP contribution is 2.21. The fourth-order valence-electron chi connectivity index (χ4n) is 2.15. The minimum Gasteiger partial charge on any atom is -0.207 e. The van der Waals surface area contributed by atoms with Crippen LogP contribution in [-0.4, -0.2) is 14.1 Å². The standard InChI is InChI=1S/C14H10F2N2O2S/c15-11-3-1-9(2-4-11)14-13-6-5-12(16)7-10(13)8-21(19,20)18-17-14/h1-7,18H,8H2. The Labute approximate surface area is 120 Å². The summed E-state index contributed by atoms with van der Waals surface area (Å²) in [6.07, 6.45) is 0. The number of hydrogen-bond donors (Lipinski definition) is 1. The van der Waals surface area contributed by atoms with Gasteiger partial charge in [0.25, 0.3) is 10.0 Å². The van der Waals surface area contributed by atoms with Crippen molar-refractivity contribution in [1.82, 2.24) is 4.83 Å². The molecular weight excluding hydrogens is 298 g/mol. The topological polar surface area (TPSA) is 58.5 Å². The Hall–Kier alpha value is -2.28. The Morgan fingerprint density at radius 1 is 1.00 bits per heavy atom. The third-order valence-electron chi connectivity index (χ3n) is 3.08. The Kier molecular flexibility index (Phi) is 3.21. The Morgan fingerprint density at radius 3 is 2.38 bits per heavy atom. The molecule has 1 heterocycles. The van der Waals surface area contributed by atoms with Gasteiger partial charge in [-0.25, -0.2) is 22.0 Å². The summed E-state index contributed by atoms with van der Waals surface area (Å²) in [6, 6.07) is 9.34. The van der Waals surface area contributed by atoms with E-state index in [0.717, 1.165) is 0 Å². The lowest BCUT2D eigenvalue weighted by molar-refractivity contribution is 0.584. The monoisotopic (exact) mass is 308 g/mol. The normalized spacial score (nSPS) is 16.4. The van der Waals surface area contributed by atoms with E-state index in [1.807, 2.05) is 0 Å². The van der Waals surface area contributed by atoms with Gasteiger partial charge in [0.2, 0.25) is 0 Å². The summed E-state index contributed by atoms with van der Waals surface area (Å²) in [5.74, 6) is -1.30. The predicted octanol–water partition coefficient (Wildman–Crippen LogP) is 2.15. The maximum absolute atomic E-state index is 13.4. The highest BCUT2D eigenvalue weighted by Gasteiger charge is 2.22. The SMILES string of the molecule is O=S1(=O)Cc2cc(F)ccc2C(c2ccc(F)cc2)=NN1. The molecule has 3 rings (SSSR count). The van der Waals surface area contributed by atoms with E-state index in [0.29, 0.717) is 22.4 Å². The highest BCUT2D eigenvalue weighted by molar-refractivity contribution is 7.88. The second-order valence-electron chi connectivity index (χ2n) is 4.62. The summed E-state index contributed by atoms with van der Waals surface area (Å²) in [6.45, 7) is 0. The van der Waals surface area contributed by atoms with E-state index in [1.165, 1.54) is 42.5 Å². The van der Waals surface area contributed by atoms with Gasteiger partial charge in [0.15, 0.2) is 0 Å². The molecule has 0 radical (unpaired) electrons. The summed E-state index contributed by atoms with van der Waals surface area (Å²) in [5, 5.41) is 3.88. The van der Waals surface area contributed by atoms with Crippen LogP contribution in [0.25, 0.3) is 0 Å². The van der Waals surface area contributed by atoms with Gasteiger partial charge in [-0.15, -0.1) is 0 Å². The molecule has 0 saturated heterocycles. The van der Waals surface area contributed by atoms with Crippen molar-refractivity contribution >= 4 is 15.7 Å². The highest BCUT2D eigenvalue weighted by atomic mass is 32.2. The van der Waals surface area contributed by atoms with Crippen LogP contribution in [0.3, 0.4) is 0 Å². The van der Waals surface area contributed by atoms with Gasteiger partial charge in [-0.1, -0.05) is 0 Å². The van der Waals surface area contributed by atoms with Gasteiger partial charge in [0.1, 0.15) is 11.6 Å². The molecule has 0 amide bonds. The fourth-order valence-corrected chi connectivity index (χ4v) is 3.10. The first-order chi connectivity index (χ1) is 9.94. The van der Waals surface area contributed by atoms with E-state index in [2.05, 4.69) is 9.93 Å². The lowest BCUT2D eigenvalue weighted by Crippen LogP contribution is -2.18. The summed E-state index contributed by atoms with van der Waals surface area (Å²) in [4.78, 5) is 2.09. The van der Waals surface area contributed by atoms with E-state index < -0.39 is 21.7 Å². The van der Waals surface area contributed by atoms with Crippen molar-refractivity contribution in [3.63, 3.8) is 0 Å². The van der Waals surface area contributed by atoms with Crippen molar-refractivity contribution in [1.29, 1.82) is 0 Å². The minimum atomic E-state index is -3.68. The van der Waals surface area contributed by atoms with Gasteiger partial charge in [-0.05, 0) is 48.0 Å². The van der Waals surface area contributed by atoms with Crippen LogP contribution in [0.15, 0.2) is 47.6 Å². The number of nitrogens with zero attached hydrogens (tertiary/aromatic N) is 1. The first-order valence-electron chi connectivity index (χ1n) is 6.06. The number of benzene rings is 2. The minimum absolute atomic E-state index is 0.308. The smallest absolute Gasteiger partial charge is 0.207 e. The first kappa shape index (κ1) is 13.7. The van der Waals surface area contributed by atoms with Crippen LogP contribution in [0.5, 0.6) is 0 Å². The maximum Gasteiger partial charge on any atom is 0.251 e. The van der Waals surface area contributed by atoms with E-state index in [4.69, 9.17) is 0 Å². The molecule has 2 aromatic carbocycles. The number of rotatable bonds is 1. The molecule has 0 aliphatic carbocycles. The maximum atomic E-state index is 13.4. The largest absolute Gasteiger partial charge is 0.251 e. The van der Waals surface area contributed by atoms with Crippen LogP contribution in [-0.2, 0) is 15.8 Å². The Balaban J connectivity index is 2.20. The van der Waals surface area contributed by atoms with Crippen molar-refractivity contribution in [2.24, 2.45) is 5.10 Å². The zero-order valence-corrected chi connectivity index (χ0v) is 11.5. The molecule has 0 saturated carbocycles. The summed E-state index contributed by atoms with van der Waals surface area (Å²) < 4.78 is 49.9. The van der Waals surface area contributed by atoms with Crippen molar-refractivity contribution in [3.8, 4) is 0 Å². The zero-order valence-electron chi connectivity index (χ0n) is 10.7. The second kappa shape index (κ2) is 4.92. The first-order valence-corrected chi connectivity index (χ1v) is 7.72. The summed E-state index contributed by atoms with van der Waals surface area (Å²) >= 11 is 0. The van der Waals surface area contributed by atoms with E-state index in [1.54, 1.807) is 0 Å². The van der Waals surface area contributed by atoms with Crippen LogP contribution >= 0.6 is 0 Å². The number of sulfonamides is 1. The average molecular weight is 308 g/mol. The molecule has 0 unspecified atom stereocenters. The molecule has 0 atom stereocenters. The molecule has 4 nitrogen and oxygen atoms in total. The number of halogens is 2. The van der Waals surface area contributed by atoms with Gasteiger partial charge in [-0.2, -0.15) is 5.10 Å². The lowest BCUT2D eigenvalue weighted by Gasteiger charge is -2.08. The molecule has 2 aromatic rings. The number of hydrogen-bond acceptors (Lipinski definition) is 3. The van der Waals surface area contributed by atoms with Crippen molar-refractivity contribution in [2.75, 3.05) is 0 Å². The van der Waals surface area contributed by atoms with Crippen molar-refractivity contribution in [2.45, 2.75) is 5.75 Å². The van der Waals surface area contributed by atoms with Gasteiger partial charge in [-0.3, -0.25) is 0 Å². The predicted molar refractivity (Wildman–Crippen MR) is 74.2 cm³/mol. The van der Waals surface area contributed by atoms with Crippen LogP contribution in [0, 0.1) is 11.6 Å². The molecule has 0 fully saturated rings. The van der Waals surface area contributed by atoms with Crippen LogP contribution in [0.4, 0.5) is 8.78 Å². The lowest BCUT2D eigenvalue weighted by atomic mass is 9.98. The fraction of sp³-hybridized carbons (Fsp3) is 0.0714. The quantitative estimate of drug-likeness (QED) is 0.877. The molecule has 0 aromatic heterocycles. The van der Waals surface area contributed by atoms with Gasteiger partial charge in [0.05, 0.1) is 11.5 Å². The molecule has 1 aliphatic rings. The molecule has 1 aliphatic heterocycles. The Morgan fingerprint density at radius 2 is 1.67 bits per heavy atom. The van der Waals surface area contributed by atoms with Crippen LogP contribution in [0.2, 0.25) is 0 Å². The molecule has 7 heteroatoms. The Bertz CT molecular complexity index is 831. The van der Waals surface area contributed by atoms with Gasteiger partial charge in [0, 0.05) is 11.1 Å². The molecule has 0 bridgehead atoms. The molecule has 0 spiro atoms. The van der Waals surface area contributed by atoms with E-state index >= 15 is 0 Å². The third kappa shape index (κ3) is 2.78. The number of hydrazone groups is 1. The molecule has 108 valence electrons. The van der Waals surface area contributed by atoms with E-state index in [-0.39, 0.29) is 5.75 Å². The second-order valence-corrected chi connectivity index (χ2v) is 6.32. The van der Waals surface area contributed by atoms with Gasteiger partial charge < -0.3 is 0 Å². The summed E-state index contributed by atoms with van der Waals surface area (Å²) in [7, 11) is -3.68. The van der Waals surface area contributed by atoms with E-state index in [9.17, 15) is 17.2 Å². The average Bonchev–Trinajstić information content (AvgIpc) is 2.54. The van der Waals surface area contributed by atoms with Gasteiger partial charge >= 0.3 is 0 Å². The zero-order chi connectivity index (χ0) is 15.0.